The van der Waals surface area contributed by atoms with Gasteiger partial charge in [-0.05, 0) is 42.9 Å². The van der Waals surface area contributed by atoms with Gasteiger partial charge in [0.05, 0.1) is 10.8 Å². The van der Waals surface area contributed by atoms with Gasteiger partial charge in [0.15, 0.2) is 0 Å². The molecule has 0 unspecified atom stereocenters. The van der Waals surface area contributed by atoms with E-state index in [1.807, 2.05) is 6.92 Å². The summed E-state index contributed by atoms with van der Waals surface area (Å²) < 4.78 is 37.2. The summed E-state index contributed by atoms with van der Waals surface area (Å²) >= 11 is 1.39. The first-order chi connectivity index (χ1) is 9.74. The van der Waals surface area contributed by atoms with E-state index in [9.17, 15) is 18.0 Å². The molecule has 0 saturated heterocycles. The van der Waals surface area contributed by atoms with Gasteiger partial charge in [-0.15, -0.1) is 11.8 Å². The lowest BCUT2D eigenvalue weighted by Crippen LogP contribution is -2.23. The van der Waals surface area contributed by atoms with E-state index >= 15 is 0 Å². The molecule has 0 aliphatic heterocycles. The van der Waals surface area contributed by atoms with Crippen molar-refractivity contribution >= 4 is 23.4 Å². The Balaban J connectivity index is 2.54. The number of rotatable bonds is 6. The fraction of sp³-hybridized carbons (Fsp3) is 0.500. The van der Waals surface area contributed by atoms with E-state index in [0.29, 0.717) is 11.4 Å². The van der Waals surface area contributed by atoms with Gasteiger partial charge in [0.25, 0.3) is 0 Å². The number of amides is 1. The van der Waals surface area contributed by atoms with Crippen molar-refractivity contribution < 1.29 is 23.1 Å². The standard InChI is InChI=1S/C14H18F3NO2S/c1-9(7-19)8-21-10(2)13(20)18-12-5-3-11(4-6-12)14(15,16)17/h3-6,9-10,19H,7-8H2,1-2H3,(H,18,20)/t9-,10-/m1/s1. The van der Waals surface area contributed by atoms with Crippen LogP contribution < -0.4 is 5.32 Å². The van der Waals surface area contributed by atoms with E-state index in [1.54, 1.807) is 6.92 Å². The average Bonchev–Trinajstić information content (AvgIpc) is 2.43. The number of alkyl halides is 3. The average molecular weight is 321 g/mol. The Morgan fingerprint density at radius 1 is 1.29 bits per heavy atom. The maximum absolute atomic E-state index is 12.4. The zero-order chi connectivity index (χ0) is 16.0. The number of benzene rings is 1. The van der Waals surface area contributed by atoms with Crippen molar-refractivity contribution in [3.05, 3.63) is 29.8 Å². The van der Waals surface area contributed by atoms with Gasteiger partial charge in [-0.3, -0.25) is 4.79 Å². The van der Waals surface area contributed by atoms with Gasteiger partial charge >= 0.3 is 6.18 Å². The number of aliphatic hydroxyl groups excluding tert-OH is 1. The molecule has 7 heteroatoms. The molecular formula is C14H18F3NO2S. The van der Waals surface area contributed by atoms with Crippen LogP contribution in [0.3, 0.4) is 0 Å². The Kier molecular flexibility index (Phi) is 6.54. The Morgan fingerprint density at radius 2 is 1.86 bits per heavy atom. The smallest absolute Gasteiger partial charge is 0.396 e. The SMILES string of the molecule is C[C@H](CO)CS[C@H](C)C(=O)Nc1ccc(C(F)(F)F)cc1. The number of hydrogen-bond acceptors (Lipinski definition) is 3. The Hall–Kier alpha value is -1.21. The highest BCUT2D eigenvalue weighted by Crippen LogP contribution is 2.30. The lowest BCUT2D eigenvalue weighted by molar-refractivity contribution is -0.137. The quantitative estimate of drug-likeness (QED) is 0.844. The van der Waals surface area contributed by atoms with Gasteiger partial charge in [-0.2, -0.15) is 13.2 Å². The lowest BCUT2D eigenvalue weighted by atomic mass is 10.2. The number of carbonyl (C=O) groups is 1. The summed E-state index contributed by atoms with van der Waals surface area (Å²) in [5.74, 6) is 0.458. The minimum Gasteiger partial charge on any atom is -0.396 e. The molecule has 21 heavy (non-hydrogen) atoms. The third kappa shape index (κ3) is 5.97. The van der Waals surface area contributed by atoms with E-state index in [2.05, 4.69) is 5.32 Å². The molecule has 3 nitrogen and oxygen atoms in total. The van der Waals surface area contributed by atoms with Gasteiger partial charge in [0.2, 0.25) is 5.91 Å². The summed E-state index contributed by atoms with van der Waals surface area (Å²) in [5, 5.41) is 11.1. The van der Waals surface area contributed by atoms with Crippen LogP contribution in [0.25, 0.3) is 0 Å². The molecule has 0 saturated carbocycles. The second-order valence-electron chi connectivity index (χ2n) is 4.83. The molecule has 0 aliphatic carbocycles. The van der Waals surface area contributed by atoms with Crippen LogP contribution in [-0.4, -0.2) is 28.6 Å². The number of aliphatic hydroxyl groups is 1. The molecule has 1 aromatic carbocycles. The van der Waals surface area contributed by atoms with E-state index in [0.717, 1.165) is 12.1 Å². The molecule has 0 radical (unpaired) electrons. The van der Waals surface area contributed by atoms with Crippen LogP contribution >= 0.6 is 11.8 Å². The second kappa shape index (κ2) is 7.70. The van der Waals surface area contributed by atoms with Crippen molar-refractivity contribution in [2.45, 2.75) is 25.3 Å². The van der Waals surface area contributed by atoms with Crippen LogP contribution in [0.4, 0.5) is 18.9 Å². The highest BCUT2D eigenvalue weighted by atomic mass is 32.2. The predicted octanol–water partition coefficient (Wildman–Crippen LogP) is 3.39. The molecule has 1 rings (SSSR count). The molecule has 2 atom stereocenters. The summed E-state index contributed by atoms with van der Waals surface area (Å²) in [6, 6.07) is 4.32. The van der Waals surface area contributed by atoms with Crippen LogP contribution in [-0.2, 0) is 11.0 Å². The summed E-state index contributed by atoms with van der Waals surface area (Å²) in [5.41, 5.74) is -0.421. The first kappa shape index (κ1) is 17.8. The van der Waals surface area contributed by atoms with Crippen molar-refractivity contribution in [3.63, 3.8) is 0 Å². The fourth-order valence-electron chi connectivity index (χ4n) is 1.42. The zero-order valence-electron chi connectivity index (χ0n) is 11.8. The summed E-state index contributed by atoms with van der Waals surface area (Å²) in [7, 11) is 0. The number of thioether (sulfide) groups is 1. The highest BCUT2D eigenvalue weighted by Gasteiger charge is 2.30. The molecule has 0 aromatic heterocycles. The monoisotopic (exact) mass is 321 g/mol. The third-order valence-electron chi connectivity index (χ3n) is 2.79. The maximum Gasteiger partial charge on any atom is 0.416 e. The van der Waals surface area contributed by atoms with E-state index in [-0.39, 0.29) is 23.7 Å². The Morgan fingerprint density at radius 3 is 2.33 bits per heavy atom. The number of nitrogens with one attached hydrogen (secondary N) is 1. The maximum atomic E-state index is 12.4. The van der Waals surface area contributed by atoms with Crippen LogP contribution in [0.2, 0.25) is 0 Å². The largest absolute Gasteiger partial charge is 0.416 e. The van der Waals surface area contributed by atoms with E-state index < -0.39 is 11.7 Å². The molecule has 0 heterocycles. The summed E-state index contributed by atoms with van der Waals surface area (Å²) in [6.07, 6.45) is -4.38. The van der Waals surface area contributed by atoms with Crippen molar-refractivity contribution in [1.29, 1.82) is 0 Å². The minimum absolute atomic E-state index is 0.0558. The molecule has 1 aromatic rings. The molecule has 0 aliphatic rings. The number of anilines is 1. The van der Waals surface area contributed by atoms with Gasteiger partial charge < -0.3 is 10.4 Å². The third-order valence-corrected chi connectivity index (χ3v) is 4.27. The molecule has 118 valence electrons. The molecule has 0 fully saturated rings. The first-order valence-electron chi connectivity index (χ1n) is 6.44. The second-order valence-corrected chi connectivity index (χ2v) is 6.20. The first-order valence-corrected chi connectivity index (χ1v) is 7.49. The van der Waals surface area contributed by atoms with E-state index in [4.69, 9.17) is 5.11 Å². The molecule has 2 N–H and O–H groups in total. The van der Waals surface area contributed by atoms with Crippen molar-refractivity contribution in [3.8, 4) is 0 Å². The predicted molar refractivity (Wildman–Crippen MR) is 78.2 cm³/mol. The molecule has 1 amide bonds. The van der Waals surface area contributed by atoms with E-state index in [1.165, 1.54) is 23.9 Å². The van der Waals surface area contributed by atoms with Gasteiger partial charge in [-0.1, -0.05) is 6.92 Å². The zero-order valence-corrected chi connectivity index (χ0v) is 12.6. The summed E-state index contributed by atoms with van der Waals surface area (Å²) in [6.45, 7) is 3.64. The fourth-order valence-corrected chi connectivity index (χ4v) is 2.36. The normalized spacial score (nSPS) is 14.6. The van der Waals surface area contributed by atoms with Crippen LogP contribution in [0, 0.1) is 5.92 Å². The van der Waals surface area contributed by atoms with Crippen molar-refractivity contribution in [2.24, 2.45) is 5.92 Å². The van der Waals surface area contributed by atoms with Crippen LogP contribution in [0.15, 0.2) is 24.3 Å². The molecule has 0 spiro atoms. The highest BCUT2D eigenvalue weighted by molar-refractivity contribution is 8.00. The number of hydrogen-bond donors (Lipinski definition) is 2. The number of carbonyl (C=O) groups excluding carboxylic acids is 1. The Labute approximate surface area is 125 Å². The van der Waals surface area contributed by atoms with Gasteiger partial charge in [-0.25, -0.2) is 0 Å². The topological polar surface area (TPSA) is 49.3 Å². The van der Waals surface area contributed by atoms with Crippen molar-refractivity contribution in [1.82, 2.24) is 0 Å². The van der Waals surface area contributed by atoms with Gasteiger partial charge in [0, 0.05) is 12.3 Å². The van der Waals surface area contributed by atoms with Crippen molar-refractivity contribution in [2.75, 3.05) is 17.7 Å². The lowest BCUT2D eigenvalue weighted by Gasteiger charge is -2.14. The van der Waals surface area contributed by atoms with Crippen LogP contribution in [0.5, 0.6) is 0 Å². The van der Waals surface area contributed by atoms with Gasteiger partial charge in [0.1, 0.15) is 0 Å². The number of halogens is 3. The molecular weight excluding hydrogens is 303 g/mol. The molecule has 0 bridgehead atoms. The summed E-state index contributed by atoms with van der Waals surface area (Å²) in [4.78, 5) is 11.9. The minimum atomic E-state index is -4.38. The Bertz CT molecular complexity index is 462. The van der Waals surface area contributed by atoms with Crippen LogP contribution in [0.1, 0.15) is 19.4 Å².